The zero-order valence-corrected chi connectivity index (χ0v) is 10.2. The third-order valence-electron chi connectivity index (χ3n) is 2.28. The molecule has 0 unspecified atom stereocenters. The Morgan fingerprint density at radius 2 is 2.10 bits per heavy atom. The maximum absolute atomic E-state index is 12.8. The summed E-state index contributed by atoms with van der Waals surface area (Å²) in [5.41, 5.74) is -1.21. The molecule has 0 aliphatic rings. The van der Waals surface area contributed by atoms with Crippen molar-refractivity contribution in [2.75, 3.05) is 18.4 Å². The van der Waals surface area contributed by atoms with Gasteiger partial charge in [0.1, 0.15) is 0 Å². The summed E-state index contributed by atoms with van der Waals surface area (Å²) in [6.45, 7) is -0.384. The van der Waals surface area contributed by atoms with Crippen LogP contribution in [0.1, 0.15) is 11.1 Å². The zero-order valence-electron chi connectivity index (χ0n) is 10.2. The fourth-order valence-corrected chi connectivity index (χ4v) is 1.39. The van der Waals surface area contributed by atoms with E-state index in [-0.39, 0.29) is 24.3 Å². The number of benzene rings is 1. The van der Waals surface area contributed by atoms with Crippen LogP contribution >= 0.6 is 0 Å². The summed E-state index contributed by atoms with van der Waals surface area (Å²) in [6.07, 6.45) is 0.355. The van der Waals surface area contributed by atoms with Gasteiger partial charge in [0.2, 0.25) is 5.91 Å². The van der Waals surface area contributed by atoms with Crippen LogP contribution in [0.2, 0.25) is 0 Å². The van der Waals surface area contributed by atoms with Crippen LogP contribution in [0.4, 0.5) is 18.9 Å². The number of rotatable bonds is 4. The molecule has 0 fully saturated rings. The molecule has 1 aromatic rings. The average Bonchev–Trinajstić information content (AvgIpc) is 2.41. The molecule has 0 bridgehead atoms. The molecule has 0 spiro atoms. The summed E-state index contributed by atoms with van der Waals surface area (Å²) in [5, 5.41) is 13.3. The van der Waals surface area contributed by atoms with E-state index in [1.165, 1.54) is 0 Å². The van der Waals surface area contributed by atoms with Crippen LogP contribution in [0, 0.1) is 23.7 Å². The number of nitriles is 1. The van der Waals surface area contributed by atoms with Crippen molar-refractivity contribution in [1.29, 1.82) is 5.26 Å². The summed E-state index contributed by atoms with van der Waals surface area (Å²) in [6, 6.07) is 4.63. The number of hydrogen-bond donors (Lipinski definition) is 2. The van der Waals surface area contributed by atoms with Gasteiger partial charge in [-0.3, -0.25) is 4.79 Å². The van der Waals surface area contributed by atoms with E-state index >= 15 is 0 Å². The number of terminal acetylenes is 1. The van der Waals surface area contributed by atoms with Crippen molar-refractivity contribution in [3.63, 3.8) is 0 Å². The number of amides is 1. The van der Waals surface area contributed by atoms with Gasteiger partial charge >= 0.3 is 6.18 Å². The number of alkyl halides is 3. The van der Waals surface area contributed by atoms with E-state index in [0.717, 1.165) is 18.2 Å². The van der Waals surface area contributed by atoms with Crippen LogP contribution in [0.15, 0.2) is 18.2 Å². The molecular weight excluding hydrogens is 271 g/mol. The molecule has 2 N–H and O–H groups in total. The minimum atomic E-state index is -4.58. The Morgan fingerprint density at radius 3 is 2.65 bits per heavy atom. The number of anilines is 1. The smallest absolute Gasteiger partial charge is 0.376 e. The lowest BCUT2D eigenvalue weighted by atomic mass is 10.1. The van der Waals surface area contributed by atoms with Gasteiger partial charge in [0.05, 0.1) is 30.3 Å². The number of carbonyl (C=O) groups excluding carboxylic acids is 1. The highest BCUT2D eigenvalue weighted by atomic mass is 19.4. The van der Waals surface area contributed by atoms with Crippen LogP contribution in [-0.4, -0.2) is 19.0 Å². The monoisotopic (exact) mass is 281 g/mol. The van der Waals surface area contributed by atoms with E-state index in [4.69, 9.17) is 11.7 Å². The second-order valence-electron chi connectivity index (χ2n) is 3.70. The van der Waals surface area contributed by atoms with Gasteiger partial charge in [-0.05, 0) is 18.2 Å². The first kappa shape index (κ1) is 15.4. The lowest BCUT2D eigenvalue weighted by molar-refractivity contribution is -0.137. The highest BCUT2D eigenvalue weighted by Gasteiger charge is 2.33. The lowest BCUT2D eigenvalue weighted by Gasteiger charge is -2.14. The molecule has 20 heavy (non-hydrogen) atoms. The molecule has 0 aliphatic heterocycles. The van der Waals surface area contributed by atoms with Crippen LogP contribution in [0.5, 0.6) is 0 Å². The molecule has 0 saturated carbocycles. The number of nitrogens with zero attached hydrogens (tertiary/aromatic N) is 1. The van der Waals surface area contributed by atoms with E-state index < -0.39 is 17.6 Å². The van der Waals surface area contributed by atoms with E-state index in [1.807, 2.05) is 0 Å². The summed E-state index contributed by atoms with van der Waals surface area (Å²) in [7, 11) is 0. The van der Waals surface area contributed by atoms with E-state index in [2.05, 4.69) is 16.6 Å². The van der Waals surface area contributed by atoms with E-state index in [9.17, 15) is 18.0 Å². The van der Waals surface area contributed by atoms with E-state index in [0.29, 0.717) is 0 Å². The topological polar surface area (TPSA) is 64.9 Å². The molecule has 0 aromatic heterocycles. The van der Waals surface area contributed by atoms with Crippen LogP contribution < -0.4 is 10.6 Å². The maximum atomic E-state index is 12.8. The first-order valence-corrected chi connectivity index (χ1v) is 5.44. The molecule has 0 radical (unpaired) electrons. The second-order valence-corrected chi connectivity index (χ2v) is 3.70. The highest BCUT2D eigenvalue weighted by Crippen LogP contribution is 2.35. The molecule has 7 heteroatoms. The maximum Gasteiger partial charge on any atom is 0.418 e. The van der Waals surface area contributed by atoms with Crippen molar-refractivity contribution in [2.24, 2.45) is 0 Å². The zero-order chi connectivity index (χ0) is 15.2. The molecular formula is C13H10F3N3O. The van der Waals surface area contributed by atoms with Gasteiger partial charge in [0.25, 0.3) is 0 Å². The quantitative estimate of drug-likeness (QED) is 0.826. The third kappa shape index (κ3) is 4.21. The van der Waals surface area contributed by atoms with Gasteiger partial charge < -0.3 is 10.6 Å². The standard InChI is InChI=1S/C13H10F3N3O/c1-2-5-18-12(20)8-19-11-6-9(7-17)3-4-10(11)13(14,15)16/h1,3-4,6,19H,5,8H2,(H,18,20). The molecule has 0 aliphatic carbocycles. The van der Waals surface area contributed by atoms with Crippen molar-refractivity contribution in [3.8, 4) is 18.4 Å². The number of halogens is 3. The Hall–Kier alpha value is -2.67. The first-order valence-electron chi connectivity index (χ1n) is 5.44. The summed E-state index contributed by atoms with van der Waals surface area (Å²) in [4.78, 5) is 11.3. The molecule has 0 saturated heterocycles. The van der Waals surface area contributed by atoms with Crippen LogP contribution in [0.3, 0.4) is 0 Å². The van der Waals surface area contributed by atoms with Crippen LogP contribution in [-0.2, 0) is 11.0 Å². The predicted molar refractivity (Wildman–Crippen MR) is 66.5 cm³/mol. The van der Waals surface area contributed by atoms with Gasteiger partial charge in [-0.2, -0.15) is 18.4 Å². The number of carbonyl (C=O) groups is 1. The molecule has 1 aromatic carbocycles. The van der Waals surface area contributed by atoms with Crippen molar-refractivity contribution in [3.05, 3.63) is 29.3 Å². The lowest BCUT2D eigenvalue weighted by Crippen LogP contribution is -2.30. The molecule has 0 atom stereocenters. The Bertz CT molecular complexity index is 582. The summed E-state index contributed by atoms with van der Waals surface area (Å²) < 4.78 is 38.3. The minimum absolute atomic E-state index is 0.00905. The Morgan fingerprint density at radius 1 is 1.40 bits per heavy atom. The molecule has 0 heterocycles. The van der Waals surface area contributed by atoms with Gasteiger partial charge in [0.15, 0.2) is 0 Å². The van der Waals surface area contributed by atoms with E-state index in [1.54, 1.807) is 6.07 Å². The van der Waals surface area contributed by atoms with Crippen molar-refractivity contribution < 1.29 is 18.0 Å². The molecule has 104 valence electrons. The molecule has 1 rings (SSSR count). The Balaban J connectivity index is 2.90. The number of nitrogens with one attached hydrogen (secondary N) is 2. The second kappa shape index (κ2) is 6.48. The molecule has 4 nitrogen and oxygen atoms in total. The SMILES string of the molecule is C#CCNC(=O)CNc1cc(C#N)ccc1C(F)(F)F. The van der Waals surface area contributed by atoms with Crippen molar-refractivity contribution in [2.45, 2.75) is 6.18 Å². The molecule has 1 amide bonds. The highest BCUT2D eigenvalue weighted by molar-refractivity contribution is 5.81. The fraction of sp³-hybridized carbons (Fsp3) is 0.231. The van der Waals surface area contributed by atoms with Gasteiger partial charge in [-0.1, -0.05) is 5.92 Å². The number of hydrogen-bond acceptors (Lipinski definition) is 3. The van der Waals surface area contributed by atoms with Crippen molar-refractivity contribution in [1.82, 2.24) is 5.32 Å². The third-order valence-corrected chi connectivity index (χ3v) is 2.28. The van der Waals surface area contributed by atoms with Gasteiger partial charge in [-0.15, -0.1) is 6.42 Å². The minimum Gasteiger partial charge on any atom is -0.376 e. The van der Waals surface area contributed by atoms with Gasteiger partial charge in [-0.25, -0.2) is 0 Å². The van der Waals surface area contributed by atoms with Crippen LogP contribution in [0.25, 0.3) is 0 Å². The first-order chi connectivity index (χ1) is 9.38. The van der Waals surface area contributed by atoms with Crippen molar-refractivity contribution >= 4 is 11.6 Å². The Labute approximate surface area is 113 Å². The summed E-state index contributed by atoms with van der Waals surface area (Å²) >= 11 is 0. The van der Waals surface area contributed by atoms with Gasteiger partial charge in [0, 0.05) is 5.69 Å². The normalized spacial score (nSPS) is 10.2. The largest absolute Gasteiger partial charge is 0.418 e. The fourth-order valence-electron chi connectivity index (χ4n) is 1.39. The Kier molecular flexibility index (Phi) is 4.99. The predicted octanol–water partition coefficient (Wildman–Crippen LogP) is 1.74. The summed E-state index contributed by atoms with van der Waals surface area (Å²) in [5.74, 6) is 1.62. The average molecular weight is 281 g/mol.